The van der Waals surface area contributed by atoms with Crippen LogP contribution in [0.2, 0.25) is 0 Å². The van der Waals surface area contributed by atoms with Gasteiger partial charge >= 0.3 is 0 Å². The largest absolute Gasteiger partial charge is 0.493 e. The molecule has 0 aliphatic carbocycles. The SMILES string of the molecule is CC(=O)N1CCN(c2nc(N[C@H](C)c3ccc(CO)cc3)c3cn(C(C)C)c(O)c3n2)CC1. The van der Waals surface area contributed by atoms with E-state index in [0.29, 0.717) is 43.5 Å². The number of aliphatic hydroxyl groups excluding tert-OH is 1. The Kier molecular flexibility index (Phi) is 6.42. The van der Waals surface area contributed by atoms with Crippen molar-refractivity contribution in [1.29, 1.82) is 0 Å². The highest BCUT2D eigenvalue weighted by atomic mass is 16.3. The van der Waals surface area contributed by atoms with E-state index in [4.69, 9.17) is 9.97 Å². The zero-order chi connectivity index (χ0) is 23.7. The van der Waals surface area contributed by atoms with Gasteiger partial charge in [0.15, 0.2) is 0 Å². The summed E-state index contributed by atoms with van der Waals surface area (Å²) in [6.07, 6.45) is 1.89. The van der Waals surface area contributed by atoms with E-state index in [0.717, 1.165) is 16.5 Å². The number of aromatic hydroxyl groups is 1. The Morgan fingerprint density at radius 2 is 1.76 bits per heavy atom. The van der Waals surface area contributed by atoms with Crippen molar-refractivity contribution < 1.29 is 15.0 Å². The lowest BCUT2D eigenvalue weighted by atomic mass is 10.1. The van der Waals surface area contributed by atoms with Gasteiger partial charge in [-0.3, -0.25) is 4.79 Å². The number of nitrogens with zero attached hydrogens (tertiary/aromatic N) is 5. The number of amides is 1. The van der Waals surface area contributed by atoms with Gasteiger partial charge in [-0.1, -0.05) is 24.3 Å². The third kappa shape index (κ3) is 4.59. The second-order valence-corrected chi connectivity index (χ2v) is 8.85. The van der Waals surface area contributed by atoms with E-state index in [-0.39, 0.29) is 30.5 Å². The zero-order valence-electron chi connectivity index (χ0n) is 19.6. The van der Waals surface area contributed by atoms with Gasteiger partial charge in [-0.05, 0) is 31.9 Å². The number of aromatic nitrogens is 3. The molecule has 9 heteroatoms. The molecule has 1 aliphatic heterocycles. The van der Waals surface area contributed by atoms with Crippen molar-refractivity contribution in [2.24, 2.45) is 0 Å². The van der Waals surface area contributed by atoms with Crippen molar-refractivity contribution in [1.82, 2.24) is 19.4 Å². The summed E-state index contributed by atoms with van der Waals surface area (Å²) in [5.74, 6) is 1.38. The minimum atomic E-state index is -0.0530. The molecule has 1 aliphatic rings. The highest BCUT2D eigenvalue weighted by Gasteiger charge is 2.24. The summed E-state index contributed by atoms with van der Waals surface area (Å²) in [7, 11) is 0. The van der Waals surface area contributed by atoms with Crippen molar-refractivity contribution in [2.75, 3.05) is 36.4 Å². The Hall–Kier alpha value is -3.33. The van der Waals surface area contributed by atoms with Gasteiger partial charge in [0.25, 0.3) is 0 Å². The van der Waals surface area contributed by atoms with Gasteiger partial charge in [0.05, 0.1) is 12.0 Å². The van der Waals surface area contributed by atoms with Gasteiger partial charge in [0.2, 0.25) is 17.7 Å². The topological polar surface area (TPSA) is 107 Å². The number of hydrogen-bond donors (Lipinski definition) is 3. The molecule has 0 saturated carbocycles. The van der Waals surface area contributed by atoms with E-state index in [1.807, 2.05) is 56.1 Å². The van der Waals surface area contributed by atoms with Crippen LogP contribution in [0.1, 0.15) is 50.9 Å². The van der Waals surface area contributed by atoms with Crippen LogP contribution in [0.3, 0.4) is 0 Å². The Bertz CT molecular complexity index is 1130. The van der Waals surface area contributed by atoms with Gasteiger partial charge in [-0.25, -0.2) is 4.98 Å². The monoisotopic (exact) mass is 452 g/mol. The molecule has 0 bridgehead atoms. The van der Waals surface area contributed by atoms with E-state index in [1.54, 1.807) is 11.5 Å². The maximum Gasteiger partial charge on any atom is 0.228 e. The fourth-order valence-electron chi connectivity index (χ4n) is 4.14. The standard InChI is InChI=1S/C24H32N6O3/c1-15(2)30-13-20-21(23(30)33)26-24(29-11-9-28(10-12-29)17(4)32)27-22(20)25-16(3)19-7-5-18(14-31)6-8-19/h5-8,13,15-16,31,33H,9-12,14H2,1-4H3,(H,25,26,27)/t16-/m1/s1. The third-order valence-electron chi connectivity index (χ3n) is 6.24. The summed E-state index contributed by atoms with van der Waals surface area (Å²) in [5.41, 5.74) is 2.43. The number of fused-ring (bicyclic) bond motifs is 1. The molecule has 0 radical (unpaired) electrons. The molecule has 1 fully saturated rings. The van der Waals surface area contributed by atoms with Crippen LogP contribution in [0.4, 0.5) is 11.8 Å². The van der Waals surface area contributed by atoms with Crippen LogP contribution < -0.4 is 10.2 Å². The highest BCUT2D eigenvalue weighted by Crippen LogP contribution is 2.35. The molecule has 33 heavy (non-hydrogen) atoms. The normalized spacial score (nSPS) is 15.3. The molecule has 1 aromatic carbocycles. The molecule has 1 saturated heterocycles. The molecule has 176 valence electrons. The predicted molar refractivity (Wildman–Crippen MR) is 128 cm³/mol. The number of anilines is 2. The first kappa shape index (κ1) is 22.8. The van der Waals surface area contributed by atoms with E-state index in [2.05, 4.69) is 10.2 Å². The summed E-state index contributed by atoms with van der Waals surface area (Å²) in [5, 5.41) is 24.4. The minimum Gasteiger partial charge on any atom is -0.493 e. The highest BCUT2D eigenvalue weighted by molar-refractivity contribution is 5.94. The Morgan fingerprint density at radius 3 is 2.33 bits per heavy atom. The molecule has 0 spiro atoms. The Balaban J connectivity index is 1.70. The molecular formula is C24H32N6O3. The molecule has 9 nitrogen and oxygen atoms in total. The smallest absolute Gasteiger partial charge is 0.228 e. The average molecular weight is 453 g/mol. The summed E-state index contributed by atoms with van der Waals surface area (Å²) >= 11 is 0. The van der Waals surface area contributed by atoms with Crippen molar-refractivity contribution in [3.05, 3.63) is 41.6 Å². The number of carbonyl (C=O) groups excluding carboxylic acids is 1. The molecule has 3 N–H and O–H groups in total. The predicted octanol–water partition coefficient (Wildman–Crippen LogP) is 3.05. The Labute approximate surface area is 193 Å². The van der Waals surface area contributed by atoms with E-state index >= 15 is 0 Å². The van der Waals surface area contributed by atoms with Gasteiger partial charge in [-0.15, -0.1) is 0 Å². The molecule has 4 rings (SSSR count). The van der Waals surface area contributed by atoms with Gasteiger partial charge < -0.3 is 29.9 Å². The van der Waals surface area contributed by atoms with E-state index in [9.17, 15) is 15.0 Å². The molecule has 0 unspecified atom stereocenters. The average Bonchev–Trinajstić information content (AvgIpc) is 3.16. The number of benzene rings is 1. The molecule has 3 heterocycles. The van der Waals surface area contributed by atoms with Crippen LogP contribution in [0.25, 0.3) is 10.9 Å². The van der Waals surface area contributed by atoms with Crippen molar-refractivity contribution in [3.8, 4) is 5.88 Å². The zero-order valence-corrected chi connectivity index (χ0v) is 19.6. The van der Waals surface area contributed by atoms with Gasteiger partial charge in [-0.2, -0.15) is 4.98 Å². The first-order valence-corrected chi connectivity index (χ1v) is 11.4. The second kappa shape index (κ2) is 9.27. The fraction of sp³-hybridized carbons (Fsp3) is 0.458. The van der Waals surface area contributed by atoms with Crippen molar-refractivity contribution in [3.63, 3.8) is 0 Å². The fourth-order valence-corrected chi connectivity index (χ4v) is 4.14. The third-order valence-corrected chi connectivity index (χ3v) is 6.24. The van der Waals surface area contributed by atoms with Crippen LogP contribution in [0.15, 0.2) is 30.5 Å². The van der Waals surface area contributed by atoms with E-state index in [1.165, 1.54) is 0 Å². The number of aliphatic hydroxyl groups is 1. The lowest BCUT2D eigenvalue weighted by Crippen LogP contribution is -2.48. The molecule has 1 amide bonds. The summed E-state index contributed by atoms with van der Waals surface area (Å²) in [6, 6.07) is 7.80. The second-order valence-electron chi connectivity index (χ2n) is 8.85. The molecule has 3 aromatic rings. The summed E-state index contributed by atoms with van der Waals surface area (Å²) in [4.78, 5) is 25.1. The molecule has 1 atom stereocenters. The number of rotatable bonds is 6. The van der Waals surface area contributed by atoms with Crippen LogP contribution in [-0.4, -0.2) is 61.7 Å². The molecular weight excluding hydrogens is 420 g/mol. The maximum absolute atomic E-state index is 11.7. The maximum atomic E-state index is 11.7. The summed E-state index contributed by atoms with van der Waals surface area (Å²) < 4.78 is 1.79. The lowest BCUT2D eigenvalue weighted by molar-refractivity contribution is -0.129. The number of piperazine rings is 1. The number of nitrogens with one attached hydrogen (secondary N) is 1. The number of hydrogen-bond acceptors (Lipinski definition) is 7. The van der Waals surface area contributed by atoms with E-state index < -0.39 is 0 Å². The quantitative estimate of drug-likeness (QED) is 0.528. The van der Waals surface area contributed by atoms with Crippen LogP contribution in [-0.2, 0) is 11.4 Å². The molecule has 2 aromatic heterocycles. The van der Waals surface area contributed by atoms with Crippen molar-refractivity contribution >= 4 is 28.6 Å². The van der Waals surface area contributed by atoms with Gasteiger partial charge in [0, 0.05) is 51.4 Å². The van der Waals surface area contributed by atoms with Crippen LogP contribution in [0, 0.1) is 0 Å². The van der Waals surface area contributed by atoms with Gasteiger partial charge in [0.1, 0.15) is 11.3 Å². The van der Waals surface area contributed by atoms with Crippen LogP contribution in [0.5, 0.6) is 5.88 Å². The van der Waals surface area contributed by atoms with Crippen molar-refractivity contribution in [2.45, 2.75) is 46.4 Å². The lowest BCUT2D eigenvalue weighted by Gasteiger charge is -2.34. The Morgan fingerprint density at radius 1 is 1.09 bits per heavy atom. The summed E-state index contributed by atoms with van der Waals surface area (Å²) in [6.45, 7) is 10.2. The first-order chi connectivity index (χ1) is 15.8. The number of carbonyl (C=O) groups is 1. The van der Waals surface area contributed by atoms with Crippen LogP contribution >= 0.6 is 0 Å². The first-order valence-electron chi connectivity index (χ1n) is 11.4. The minimum absolute atomic E-state index is 0.0108.